The number of aromatic nitrogens is 4. The largest absolute Gasteiger partial charge is 0.490 e. The van der Waals surface area contributed by atoms with Gasteiger partial charge in [-0.1, -0.05) is 36.6 Å². The van der Waals surface area contributed by atoms with Gasteiger partial charge in [-0.05, 0) is 63.5 Å². The maximum atomic E-state index is 13.9. The first-order chi connectivity index (χ1) is 14.6. The van der Waals surface area contributed by atoms with Crippen molar-refractivity contribution in [1.82, 2.24) is 20.2 Å². The van der Waals surface area contributed by atoms with Crippen molar-refractivity contribution in [2.45, 2.75) is 46.4 Å². The van der Waals surface area contributed by atoms with Crippen LogP contribution >= 0.6 is 15.9 Å². The van der Waals surface area contributed by atoms with E-state index < -0.39 is 0 Å². The Balaban J connectivity index is 1.72. The molecule has 0 unspecified atom stereocenters. The van der Waals surface area contributed by atoms with Crippen molar-refractivity contribution in [3.8, 4) is 11.5 Å². The second-order valence-electron chi connectivity index (χ2n) is 6.65. The maximum Gasteiger partial charge on any atom is 0.243 e. The third kappa shape index (κ3) is 5.69. The Kier molecular flexibility index (Phi) is 8.01. The number of benzene rings is 2. The van der Waals surface area contributed by atoms with Crippen molar-refractivity contribution >= 4 is 21.9 Å². The van der Waals surface area contributed by atoms with Crippen molar-refractivity contribution in [3.63, 3.8) is 0 Å². The monoisotopic (exact) mass is 477 g/mol. The van der Waals surface area contributed by atoms with Crippen LogP contribution < -0.4 is 14.8 Å². The Labute approximate surface area is 183 Å². The predicted molar refractivity (Wildman–Crippen MR) is 116 cm³/mol. The summed E-state index contributed by atoms with van der Waals surface area (Å²) in [5, 5.41) is 15.1. The zero-order valence-electron chi connectivity index (χ0n) is 17.1. The number of nitrogens with zero attached hydrogens (tertiary/aromatic N) is 4. The highest BCUT2D eigenvalue weighted by molar-refractivity contribution is 9.10. The van der Waals surface area contributed by atoms with Crippen LogP contribution in [0.5, 0.6) is 11.5 Å². The Morgan fingerprint density at radius 1 is 1.17 bits per heavy atom. The standard InChI is InChI=1S/C21H25BrFN5O2/c1-3-5-10-28-21(25-26-27-28)24-13-15-11-17(22)20(19(12-15)29-4-2)30-14-16-8-6-7-9-18(16)23/h6-9,11-12H,3-5,10,13-14H2,1-2H3,(H,24,25,27). The first-order valence-electron chi connectivity index (χ1n) is 9.93. The highest BCUT2D eigenvalue weighted by Crippen LogP contribution is 2.37. The molecule has 0 bridgehead atoms. The molecular formula is C21H25BrFN5O2. The molecule has 160 valence electrons. The quantitative estimate of drug-likeness (QED) is 0.420. The Morgan fingerprint density at radius 3 is 2.77 bits per heavy atom. The van der Waals surface area contributed by atoms with Crippen LogP contribution in [0.2, 0.25) is 0 Å². The van der Waals surface area contributed by atoms with Crippen LogP contribution in [0, 0.1) is 5.82 Å². The van der Waals surface area contributed by atoms with E-state index in [4.69, 9.17) is 9.47 Å². The van der Waals surface area contributed by atoms with Crippen LogP contribution in [0.25, 0.3) is 0 Å². The molecule has 1 N–H and O–H groups in total. The summed E-state index contributed by atoms with van der Waals surface area (Å²) in [4.78, 5) is 0. The number of halogens is 2. The van der Waals surface area contributed by atoms with Gasteiger partial charge in [0.15, 0.2) is 11.5 Å². The number of ether oxygens (including phenoxy) is 2. The SMILES string of the molecule is CCCCn1nnnc1NCc1cc(Br)c(OCc2ccccc2F)c(OCC)c1. The fraction of sp³-hybridized carbons (Fsp3) is 0.381. The van der Waals surface area contributed by atoms with Crippen molar-refractivity contribution in [2.24, 2.45) is 0 Å². The number of rotatable bonds is 11. The second kappa shape index (κ2) is 10.9. The molecule has 0 aliphatic rings. The summed E-state index contributed by atoms with van der Waals surface area (Å²) in [7, 11) is 0. The van der Waals surface area contributed by atoms with E-state index in [2.05, 4.69) is 43.7 Å². The van der Waals surface area contributed by atoms with Gasteiger partial charge in [-0.25, -0.2) is 9.07 Å². The molecule has 0 atom stereocenters. The third-order valence-electron chi connectivity index (χ3n) is 4.40. The number of hydrogen-bond donors (Lipinski definition) is 1. The number of anilines is 1. The molecule has 0 amide bonds. The molecule has 0 aliphatic carbocycles. The second-order valence-corrected chi connectivity index (χ2v) is 7.51. The summed E-state index contributed by atoms with van der Waals surface area (Å²) in [5.41, 5.74) is 1.45. The van der Waals surface area contributed by atoms with Crippen molar-refractivity contribution < 1.29 is 13.9 Å². The molecule has 3 rings (SSSR count). The Morgan fingerprint density at radius 2 is 2.00 bits per heavy atom. The first kappa shape index (κ1) is 22.0. The molecule has 0 saturated heterocycles. The van der Waals surface area contributed by atoms with E-state index in [1.54, 1.807) is 22.9 Å². The van der Waals surface area contributed by atoms with Crippen LogP contribution in [-0.2, 0) is 19.7 Å². The summed E-state index contributed by atoms with van der Waals surface area (Å²) in [5.74, 6) is 1.45. The van der Waals surface area contributed by atoms with Gasteiger partial charge in [-0.2, -0.15) is 0 Å². The molecule has 0 spiro atoms. The van der Waals surface area contributed by atoms with Crippen LogP contribution in [0.1, 0.15) is 37.8 Å². The van der Waals surface area contributed by atoms with E-state index in [0.717, 1.165) is 29.4 Å². The van der Waals surface area contributed by atoms with Gasteiger partial charge in [0.2, 0.25) is 5.95 Å². The van der Waals surface area contributed by atoms with E-state index in [1.807, 2.05) is 19.1 Å². The van der Waals surface area contributed by atoms with Crippen molar-refractivity contribution in [1.29, 1.82) is 0 Å². The van der Waals surface area contributed by atoms with Gasteiger partial charge in [-0.15, -0.1) is 0 Å². The molecule has 0 fully saturated rings. The molecule has 30 heavy (non-hydrogen) atoms. The minimum Gasteiger partial charge on any atom is -0.490 e. The van der Waals surface area contributed by atoms with E-state index in [0.29, 0.717) is 36.2 Å². The molecule has 0 radical (unpaired) electrons. The molecule has 0 saturated carbocycles. The van der Waals surface area contributed by atoms with E-state index in [1.165, 1.54) is 6.07 Å². The van der Waals surface area contributed by atoms with Crippen molar-refractivity contribution in [3.05, 3.63) is 57.8 Å². The highest BCUT2D eigenvalue weighted by atomic mass is 79.9. The van der Waals surface area contributed by atoms with Gasteiger partial charge in [0.25, 0.3) is 0 Å². The van der Waals surface area contributed by atoms with Crippen molar-refractivity contribution in [2.75, 3.05) is 11.9 Å². The minimum absolute atomic E-state index is 0.106. The van der Waals surface area contributed by atoms with Gasteiger partial charge >= 0.3 is 0 Å². The predicted octanol–water partition coefficient (Wildman–Crippen LogP) is 4.96. The Bertz CT molecular complexity index is 966. The smallest absolute Gasteiger partial charge is 0.243 e. The van der Waals surface area contributed by atoms with Crippen LogP contribution in [0.3, 0.4) is 0 Å². The van der Waals surface area contributed by atoms with E-state index in [-0.39, 0.29) is 12.4 Å². The summed E-state index contributed by atoms with van der Waals surface area (Å²) < 4.78 is 28.0. The molecule has 1 aromatic heterocycles. The lowest BCUT2D eigenvalue weighted by Gasteiger charge is -2.16. The molecule has 7 nitrogen and oxygen atoms in total. The lowest BCUT2D eigenvalue weighted by Crippen LogP contribution is -2.09. The zero-order chi connectivity index (χ0) is 21.3. The first-order valence-corrected chi connectivity index (χ1v) is 10.7. The topological polar surface area (TPSA) is 74.1 Å². The van der Waals surface area contributed by atoms with Crippen LogP contribution in [0.15, 0.2) is 40.9 Å². The van der Waals surface area contributed by atoms with Gasteiger partial charge in [0.05, 0.1) is 11.1 Å². The molecule has 0 aliphatic heterocycles. The fourth-order valence-corrected chi connectivity index (χ4v) is 3.47. The third-order valence-corrected chi connectivity index (χ3v) is 4.99. The molecule has 3 aromatic rings. The van der Waals surface area contributed by atoms with Crippen LogP contribution in [0.4, 0.5) is 10.3 Å². The molecule has 9 heteroatoms. The fourth-order valence-electron chi connectivity index (χ4n) is 2.86. The maximum absolute atomic E-state index is 13.9. The summed E-state index contributed by atoms with van der Waals surface area (Å²) in [6, 6.07) is 10.4. The summed E-state index contributed by atoms with van der Waals surface area (Å²) >= 11 is 3.56. The highest BCUT2D eigenvalue weighted by Gasteiger charge is 2.14. The molecule has 2 aromatic carbocycles. The lowest BCUT2D eigenvalue weighted by molar-refractivity contribution is 0.264. The van der Waals surface area contributed by atoms with Gasteiger partial charge in [0.1, 0.15) is 12.4 Å². The average molecular weight is 478 g/mol. The number of hydrogen-bond acceptors (Lipinski definition) is 6. The summed E-state index contributed by atoms with van der Waals surface area (Å²) in [6.45, 7) is 5.90. The number of tetrazole rings is 1. The van der Waals surface area contributed by atoms with Gasteiger partial charge in [0, 0.05) is 18.7 Å². The number of aryl methyl sites for hydroxylation is 1. The van der Waals surface area contributed by atoms with Gasteiger partial charge in [-0.3, -0.25) is 0 Å². The zero-order valence-corrected chi connectivity index (χ0v) is 18.7. The van der Waals surface area contributed by atoms with Crippen LogP contribution in [-0.4, -0.2) is 26.8 Å². The summed E-state index contributed by atoms with van der Waals surface area (Å²) in [6.07, 6.45) is 2.08. The molecule has 1 heterocycles. The number of nitrogens with one attached hydrogen (secondary N) is 1. The number of unbranched alkanes of at least 4 members (excludes halogenated alkanes) is 1. The van der Waals surface area contributed by atoms with Gasteiger partial charge < -0.3 is 14.8 Å². The van der Waals surface area contributed by atoms with E-state index >= 15 is 0 Å². The van der Waals surface area contributed by atoms with E-state index in [9.17, 15) is 4.39 Å². The Hall–Kier alpha value is -2.68. The normalized spacial score (nSPS) is 10.8. The lowest BCUT2D eigenvalue weighted by atomic mass is 10.2. The minimum atomic E-state index is -0.298. The molecular weight excluding hydrogens is 453 g/mol. The average Bonchev–Trinajstić information content (AvgIpc) is 3.19.